The molecule has 1 aromatic rings. The van der Waals surface area contributed by atoms with Gasteiger partial charge in [0.15, 0.2) is 0 Å². The van der Waals surface area contributed by atoms with Crippen molar-refractivity contribution < 1.29 is 18.9 Å². The molecule has 6 nitrogen and oxygen atoms in total. The van der Waals surface area contributed by atoms with Gasteiger partial charge in [0.25, 0.3) is 0 Å². The fraction of sp³-hybridized carbons (Fsp3) is 0.588. The second kappa shape index (κ2) is 11.5. The molecule has 1 aliphatic rings. The molecule has 1 aliphatic heterocycles. The van der Waals surface area contributed by atoms with Crippen LogP contribution in [0.2, 0.25) is 0 Å². The molecule has 0 radical (unpaired) electrons. The first-order valence-corrected chi connectivity index (χ1v) is 8.93. The van der Waals surface area contributed by atoms with Crippen molar-refractivity contribution in [1.82, 2.24) is 0 Å². The lowest BCUT2D eigenvalue weighted by Crippen LogP contribution is -2.34. The molecule has 0 bridgehead atoms. The van der Waals surface area contributed by atoms with Gasteiger partial charge in [0, 0.05) is 13.1 Å². The second-order valence-corrected chi connectivity index (χ2v) is 6.07. The van der Waals surface area contributed by atoms with Crippen molar-refractivity contribution in [3.63, 3.8) is 0 Å². The summed E-state index contributed by atoms with van der Waals surface area (Å²) in [5.74, 6) is 0. The summed E-state index contributed by atoms with van der Waals surface area (Å²) >= 11 is 3.32. The molecule has 0 N–H and O–H groups in total. The maximum atomic E-state index is 12.5. The van der Waals surface area contributed by atoms with Crippen LogP contribution in [-0.4, -0.2) is 65.9 Å². The average molecular weight is 402 g/mol. The molecule has 24 heavy (non-hydrogen) atoms. The summed E-state index contributed by atoms with van der Waals surface area (Å²) in [7, 11) is 0. The van der Waals surface area contributed by atoms with E-state index in [2.05, 4.69) is 15.9 Å². The minimum Gasteiger partial charge on any atom is -0.377 e. The van der Waals surface area contributed by atoms with Crippen LogP contribution in [0.25, 0.3) is 0 Å². The number of halogens is 1. The largest absolute Gasteiger partial charge is 0.377 e. The Morgan fingerprint density at radius 3 is 1.75 bits per heavy atom. The third-order valence-electron chi connectivity index (χ3n) is 3.53. The van der Waals surface area contributed by atoms with Gasteiger partial charge in [-0.1, -0.05) is 12.1 Å². The number of hydrogen-bond acceptors (Lipinski definition) is 6. The van der Waals surface area contributed by atoms with Crippen molar-refractivity contribution in [2.75, 3.05) is 70.8 Å². The fourth-order valence-corrected chi connectivity index (χ4v) is 2.63. The normalized spacial score (nSPS) is 19.3. The molecule has 1 aromatic carbocycles. The molecule has 1 saturated heterocycles. The molecule has 0 aromatic heterocycles. The fourth-order valence-electron chi connectivity index (χ4n) is 2.27. The van der Waals surface area contributed by atoms with Gasteiger partial charge >= 0.3 is 0 Å². The zero-order chi connectivity index (χ0) is 17.0. The van der Waals surface area contributed by atoms with Crippen LogP contribution in [0.4, 0.5) is 5.69 Å². The number of rotatable bonds is 1. The van der Waals surface area contributed by atoms with Gasteiger partial charge in [-0.15, -0.1) is 0 Å². The van der Waals surface area contributed by atoms with E-state index < -0.39 is 0 Å². The van der Waals surface area contributed by atoms with Gasteiger partial charge < -0.3 is 23.8 Å². The Labute approximate surface area is 150 Å². The predicted molar refractivity (Wildman–Crippen MR) is 95.9 cm³/mol. The highest BCUT2D eigenvalue weighted by atomic mass is 79.9. The quantitative estimate of drug-likeness (QED) is 0.713. The summed E-state index contributed by atoms with van der Waals surface area (Å²) in [5, 5.41) is 0. The molecule has 0 unspecified atom stereocenters. The summed E-state index contributed by atoms with van der Waals surface area (Å²) < 4.78 is 22.5. The number of hydrogen-bond donors (Lipinski definition) is 0. The van der Waals surface area contributed by atoms with E-state index in [0.29, 0.717) is 76.1 Å². The minimum atomic E-state index is -0.0374. The lowest BCUT2D eigenvalue weighted by molar-refractivity contribution is 0.00206. The van der Waals surface area contributed by atoms with Crippen molar-refractivity contribution in [2.45, 2.75) is 0 Å². The molecule has 1 heterocycles. The van der Waals surface area contributed by atoms with Crippen LogP contribution < -0.4 is 10.3 Å². The molecule has 0 saturated carbocycles. The van der Waals surface area contributed by atoms with Crippen LogP contribution in [0, 0.1) is 0 Å². The Kier molecular flexibility index (Phi) is 9.30. The first kappa shape index (κ1) is 19.3. The zero-order valence-electron chi connectivity index (χ0n) is 13.7. The molecule has 0 amide bonds. The smallest absolute Gasteiger partial charge is 0.215 e. The van der Waals surface area contributed by atoms with Crippen molar-refractivity contribution in [1.29, 1.82) is 0 Å². The van der Waals surface area contributed by atoms with Crippen LogP contribution in [0.1, 0.15) is 0 Å². The van der Waals surface area contributed by atoms with Gasteiger partial charge in [0.05, 0.1) is 63.0 Å². The Hall–Kier alpha value is -0.990. The highest BCUT2D eigenvalue weighted by molar-refractivity contribution is 9.10. The molecule has 0 aliphatic carbocycles. The maximum Gasteiger partial charge on any atom is 0.215 e. The molecule has 0 atom stereocenters. The number of anilines is 1. The van der Waals surface area contributed by atoms with Crippen molar-refractivity contribution in [3.8, 4) is 0 Å². The van der Waals surface area contributed by atoms with Crippen LogP contribution >= 0.6 is 15.9 Å². The van der Waals surface area contributed by atoms with E-state index in [4.69, 9.17) is 18.9 Å². The Morgan fingerprint density at radius 2 is 1.21 bits per heavy atom. The average Bonchev–Trinajstić information content (AvgIpc) is 2.75. The van der Waals surface area contributed by atoms with E-state index in [1.165, 1.54) is 0 Å². The zero-order valence-corrected chi connectivity index (χ0v) is 15.3. The van der Waals surface area contributed by atoms with E-state index in [1.807, 2.05) is 23.1 Å². The molecule has 0 spiro atoms. The Morgan fingerprint density at radius 1 is 0.750 bits per heavy atom. The molecule has 2 rings (SSSR count). The van der Waals surface area contributed by atoms with Gasteiger partial charge in [-0.25, -0.2) is 0 Å². The first-order chi connectivity index (χ1) is 11.8. The summed E-state index contributed by atoms with van der Waals surface area (Å²) in [4.78, 5) is 14.5. The van der Waals surface area contributed by atoms with E-state index in [1.54, 1.807) is 6.07 Å². The molecule has 7 heteroatoms. The number of ether oxygens (including phenoxy) is 4. The summed E-state index contributed by atoms with van der Waals surface area (Å²) in [6.07, 6.45) is 0. The summed E-state index contributed by atoms with van der Waals surface area (Å²) in [5.41, 5.74) is 0.598. The molecular formula is C17H24BrNO5. The second-order valence-electron chi connectivity index (χ2n) is 5.22. The third kappa shape index (κ3) is 6.86. The summed E-state index contributed by atoms with van der Waals surface area (Å²) in [6.45, 7) is 5.54. The highest BCUT2D eigenvalue weighted by Crippen LogP contribution is 2.11. The van der Waals surface area contributed by atoms with Crippen LogP contribution in [-0.2, 0) is 18.9 Å². The van der Waals surface area contributed by atoms with Gasteiger partial charge in [-0.2, -0.15) is 0 Å². The van der Waals surface area contributed by atoms with E-state index in [9.17, 15) is 4.79 Å². The maximum absolute atomic E-state index is 12.5. The van der Waals surface area contributed by atoms with Gasteiger partial charge in [0.1, 0.15) is 0 Å². The van der Waals surface area contributed by atoms with Crippen LogP contribution in [0.5, 0.6) is 0 Å². The minimum absolute atomic E-state index is 0.0374. The van der Waals surface area contributed by atoms with E-state index >= 15 is 0 Å². The Bertz CT molecular complexity index is 527. The lowest BCUT2D eigenvalue weighted by Gasteiger charge is -2.23. The highest BCUT2D eigenvalue weighted by Gasteiger charge is 2.11. The molecule has 1 fully saturated rings. The number of nitrogens with zero attached hydrogens (tertiary/aromatic N) is 1. The standard InChI is InChI=1S/C17H24BrNO5/c18-15-3-1-2-4-16(17(15)20)19-5-7-21-9-11-23-13-14-24-12-10-22-8-6-19/h1-4H,5-14H2. The van der Waals surface area contributed by atoms with Crippen molar-refractivity contribution in [3.05, 3.63) is 39.0 Å². The van der Waals surface area contributed by atoms with E-state index in [0.717, 1.165) is 0 Å². The summed E-state index contributed by atoms with van der Waals surface area (Å²) in [6, 6.07) is 7.28. The van der Waals surface area contributed by atoms with Gasteiger partial charge in [-0.05, 0) is 28.1 Å². The van der Waals surface area contributed by atoms with Gasteiger partial charge in [0.2, 0.25) is 5.43 Å². The molecule has 134 valence electrons. The van der Waals surface area contributed by atoms with Crippen molar-refractivity contribution in [2.24, 2.45) is 0 Å². The van der Waals surface area contributed by atoms with Crippen LogP contribution in [0.3, 0.4) is 0 Å². The lowest BCUT2D eigenvalue weighted by atomic mass is 10.3. The predicted octanol–water partition coefficient (Wildman–Crippen LogP) is 1.70. The third-order valence-corrected chi connectivity index (χ3v) is 4.15. The molecular weight excluding hydrogens is 378 g/mol. The van der Waals surface area contributed by atoms with Crippen molar-refractivity contribution >= 4 is 21.6 Å². The SMILES string of the molecule is O=c1c(Br)ccccc1N1CCOCCOCCOCCOCC1. The van der Waals surface area contributed by atoms with Crippen LogP contribution in [0.15, 0.2) is 33.5 Å². The van der Waals surface area contributed by atoms with E-state index in [-0.39, 0.29) is 5.43 Å². The van der Waals surface area contributed by atoms with Gasteiger partial charge in [-0.3, -0.25) is 4.79 Å². The first-order valence-electron chi connectivity index (χ1n) is 8.14. The Balaban J connectivity index is 2.03. The topological polar surface area (TPSA) is 57.2 Å². The monoisotopic (exact) mass is 401 g/mol.